The summed E-state index contributed by atoms with van der Waals surface area (Å²) in [5.41, 5.74) is 0. The van der Waals surface area contributed by atoms with Crippen molar-refractivity contribution in [2.75, 3.05) is 0 Å². The van der Waals surface area contributed by atoms with Gasteiger partial charge in [0.25, 0.3) is 0 Å². The van der Waals surface area contributed by atoms with Crippen molar-refractivity contribution in [3.05, 3.63) is 26.0 Å². The normalized spacial score (nSPS) is 7.50. The minimum Gasteiger partial charge on any atom is -0.0512 e. The number of hydrogen-bond donors (Lipinski definition) is 0. The first kappa shape index (κ1) is 5.61. The van der Waals surface area contributed by atoms with E-state index < -0.39 is 0 Å². The quantitative estimate of drug-likeness (QED) is 0.361. The highest BCUT2D eigenvalue weighted by Crippen LogP contribution is 1.89. The molecule has 0 aromatic heterocycles. The summed E-state index contributed by atoms with van der Waals surface area (Å²) in [7, 11) is 0. The summed E-state index contributed by atoms with van der Waals surface area (Å²) in [5, 5.41) is 0. The van der Waals surface area contributed by atoms with E-state index in [9.17, 15) is 0 Å². The highest BCUT2D eigenvalue weighted by atomic mass is 13.8. The zero-order valence-electron chi connectivity index (χ0n) is 3.98. The van der Waals surface area contributed by atoms with Gasteiger partial charge >= 0.3 is 0 Å². The second kappa shape index (κ2) is 4.61. The van der Waals surface area contributed by atoms with Crippen LogP contribution in [0.4, 0.5) is 0 Å². The van der Waals surface area contributed by atoms with Gasteiger partial charge in [0.1, 0.15) is 0 Å². The van der Waals surface area contributed by atoms with Crippen molar-refractivity contribution >= 4 is 0 Å². The molecule has 0 rings (SSSR count). The van der Waals surface area contributed by atoms with Gasteiger partial charge in [-0.2, -0.15) is 0 Å². The molecule has 0 aromatic rings. The fourth-order valence-corrected chi connectivity index (χ4v) is 0.236. The molecule has 0 saturated carbocycles. The third-order valence-corrected chi connectivity index (χ3v) is 0.537. The first-order chi connectivity index (χ1) is 2.91. The zero-order valence-corrected chi connectivity index (χ0v) is 3.98. The van der Waals surface area contributed by atoms with Crippen LogP contribution < -0.4 is 0 Å². The van der Waals surface area contributed by atoms with Crippen LogP contribution in [-0.2, 0) is 0 Å². The van der Waals surface area contributed by atoms with E-state index >= 15 is 0 Å². The lowest BCUT2D eigenvalue weighted by Crippen LogP contribution is -1.64. The SMILES string of the molecule is [CH2]CC[CH+]C=C. The van der Waals surface area contributed by atoms with Gasteiger partial charge in [-0.05, 0) is 6.42 Å². The molecule has 1 radical (unpaired) electrons. The molecule has 0 heterocycles. The minimum atomic E-state index is 0.978. The first-order valence-electron chi connectivity index (χ1n) is 2.15. The Hall–Kier alpha value is -0.390. The smallest absolute Gasteiger partial charge is 0.0512 e. The summed E-state index contributed by atoms with van der Waals surface area (Å²) in [6.07, 6.45) is 5.84. The monoisotopic (exact) mass is 82.1 g/mol. The maximum absolute atomic E-state index is 3.64. The maximum Gasteiger partial charge on any atom is 0.0864 e. The molecule has 0 amide bonds. The summed E-state index contributed by atoms with van der Waals surface area (Å²) in [6.45, 7) is 7.16. The van der Waals surface area contributed by atoms with Gasteiger partial charge in [0.05, 0.1) is 6.08 Å². The van der Waals surface area contributed by atoms with Crippen molar-refractivity contribution in [2.24, 2.45) is 0 Å². The van der Waals surface area contributed by atoms with Crippen LogP contribution in [0.15, 0.2) is 12.7 Å². The Bertz CT molecular complexity index is 29.0. The molecule has 0 bridgehead atoms. The average molecular weight is 82.1 g/mol. The van der Waals surface area contributed by atoms with Crippen LogP contribution in [0.2, 0.25) is 0 Å². The summed E-state index contributed by atoms with van der Waals surface area (Å²) in [5.74, 6) is 0. The summed E-state index contributed by atoms with van der Waals surface area (Å²) in [6, 6.07) is 0. The maximum atomic E-state index is 3.64. The predicted molar refractivity (Wildman–Crippen MR) is 29.1 cm³/mol. The molecule has 0 unspecified atom stereocenters. The zero-order chi connectivity index (χ0) is 4.83. The van der Waals surface area contributed by atoms with E-state index in [0.717, 1.165) is 12.8 Å². The highest BCUT2D eigenvalue weighted by Gasteiger charge is 1.79. The van der Waals surface area contributed by atoms with Crippen molar-refractivity contribution < 1.29 is 0 Å². The second-order valence-electron chi connectivity index (χ2n) is 1.11. The third kappa shape index (κ3) is 3.61. The van der Waals surface area contributed by atoms with E-state index in [0.29, 0.717) is 0 Å². The molecule has 0 atom stereocenters. The van der Waals surface area contributed by atoms with Crippen molar-refractivity contribution in [3.63, 3.8) is 0 Å². The third-order valence-electron chi connectivity index (χ3n) is 0.537. The van der Waals surface area contributed by atoms with E-state index in [1.807, 2.05) is 6.42 Å². The molecule has 0 aliphatic carbocycles. The fraction of sp³-hybridized carbons (Fsp3) is 0.333. The standard InChI is InChI=1S/C6H10/c1-3-5-6-4-2/h3,5H,1-2,4,6H2/q+1. The topological polar surface area (TPSA) is 0 Å². The number of allylic oxidation sites excluding steroid dienone is 1. The minimum absolute atomic E-state index is 0.978. The largest absolute Gasteiger partial charge is 0.0864 e. The summed E-state index contributed by atoms with van der Waals surface area (Å²) in [4.78, 5) is 0. The Labute approximate surface area is 39.9 Å². The van der Waals surface area contributed by atoms with Gasteiger partial charge in [-0.15, -0.1) is 0 Å². The van der Waals surface area contributed by atoms with E-state index in [1.54, 1.807) is 6.08 Å². The van der Waals surface area contributed by atoms with Gasteiger partial charge in [-0.1, -0.05) is 6.92 Å². The lowest BCUT2D eigenvalue weighted by Gasteiger charge is -1.74. The Morgan fingerprint density at radius 1 is 1.67 bits per heavy atom. The van der Waals surface area contributed by atoms with Crippen LogP contribution in [0.1, 0.15) is 12.8 Å². The summed E-state index contributed by atoms with van der Waals surface area (Å²) >= 11 is 0. The van der Waals surface area contributed by atoms with Crippen LogP contribution in [0.3, 0.4) is 0 Å². The molecule has 0 heteroatoms. The molecule has 0 saturated heterocycles. The van der Waals surface area contributed by atoms with Gasteiger partial charge in [-0.25, -0.2) is 0 Å². The van der Waals surface area contributed by atoms with Gasteiger partial charge in [0, 0.05) is 19.4 Å². The fourth-order valence-electron chi connectivity index (χ4n) is 0.236. The molecule has 0 aromatic carbocycles. The lowest BCUT2D eigenvalue weighted by atomic mass is 10.3. The molecule has 0 N–H and O–H groups in total. The van der Waals surface area contributed by atoms with Crippen LogP contribution in [0, 0.1) is 13.3 Å². The molecule has 33 valence electrons. The van der Waals surface area contributed by atoms with Crippen LogP contribution >= 0.6 is 0 Å². The summed E-state index contributed by atoms with van der Waals surface area (Å²) < 4.78 is 0. The highest BCUT2D eigenvalue weighted by molar-refractivity contribution is 4.85. The average Bonchev–Trinajstić information content (AvgIpc) is 1.61. The Kier molecular flexibility index (Phi) is 4.31. The van der Waals surface area contributed by atoms with E-state index in [2.05, 4.69) is 13.5 Å². The second-order valence-corrected chi connectivity index (χ2v) is 1.11. The van der Waals surface area contributed by atoms with Crippen LogP contribution in [0.5, 0.6) is 0 Å². The van der Waals surface area contributed by atoms with Gasteiger partial charge in [0.15, 0.2) is 0 Å². The molecule has 0 aliphatic rings. The Balaban J connectivity index is 2.49. The van der Waals surface area contributed by atoms with Crippen LogP contribution in [-0.4, -0.2) is 0 Å². The molecule has 0 nitrogen and oxygen atoms in total. The van der Waals surface area contributed by atoms with Crippen molar-refractivity contribution in [2.45, 2.75) is 12.8 Å². The van der Waals surface area contributed by atoms with E-state index in [-0.39, 0.29) is 0 Å². The van der Waals surface area contributed by atoms with Crippen LogP contribution in [0.25, 0.3) is 0 Å². The molecule has 6 heavy (non-hydrogen) atoms. The molecule has 0 aliphatic heterocycles. The van der Waals surface area contributed by atoms with Crippen molar-refractivity contribution in [1.29, 1.82) is 0 Å². The number of rotatable bonds is 3. The molecule has 0 spiro atoms. The molecular weight excluding hydrogens is 72.1 g/mol. The Morgan fingerprint density at radius 3 is 2.50 bits per heavy atom. The predicted octanol–water partition coefficient (Wildman–Crippen LogP) is 1.99. The number of unbranched alkanes of at least 4 members (excludes halogenated alkanes) is 2. The Morgan fingerprint density at radius 2 is 2.33 bits per heavy atom. The van der Waals surface area contributed by atoms with Gasteiger partial charge < -0.3 is 0 Å². The van der Waals surface area contributed by atoms with E-state index in [1.165, 1.54) is 0 Å². The molecular formula is C6H10+. The van der Waals surface area contributed by atoms with Crippen molar-refractivity contribution in [3.8, 4) is 0 Å². The lowest BCUT2D eigenvalue weighted by molar-refractivity contribution is 1.00. The van der Waals surface area contributed by atoms with E-state index in [4.69, 9.17) is 0 Å². The van der Waals surface area contributed by atoms with Gasteiger partial charge in [0.2, 0.25) is 0 Å². The number of hydrogen-bond acceptors (Lipinski definition) is 0. The van der Waals surface area contributed by atoms with Gasteiger partial charge in [-0.3, -0.25) is 0 Å². The first-order valence-corrected chi connectivity index (χ1v) is 2.15. The van der Waals surface area contributed by atoms with Crippen molar-refractivity contribution in [1.82, 2.24) is 0 Å². The molecule has 0 fully saturated rings.